The van der Waals surface area contributed by atoms with Gasteiger partial charge in [0, 0.05) is 18.0 Å². The second-order valence-electron chi connectivity index (χ2n) is 3.40. The van der Waals surface area contributed by atoms with Gasteiger partial charge < -0.3 is 0 Å². The largest absolute Gasteiger partial charge is 0.290 e. The third-order valence-corrected chi connectivity index (χ3v) is 2.04. The normalized spacial score (nSPS) is 9.81. The molecule has 0 bridgehead atoms. The predicted molar refractivity (Wildman–Crippen MR) is 61.2 cm³/mol. The Morgan fingerprint density at radius 3 is 2.38 bits per heavy atom. The van der Waals surface area contributed by atoms with Crippen LogP contribution in [0.5, 0.6) is 0 Å². The van der Waals surface area contributed by atoms with Crippen molar-refractivity contribution in [2.24, 2.45) is 0 Å². The molecule has 0 aliphatic heterocycles. The van der Waals surface area contributed by atoms with Crippen molar-refractivity contribution >= 4 is 11.9 Å². The summed E-state index contributed by atoms with van der Waals surface area (Å²) in [7, 11) is 0. The smallest absolute Gasteiger partial charge is 0.258 e. The number of rotatable bonds is 2. The van der Waals surface area contributed by atoms with Crippen LogP contribution in [0.4, 0.5) is 5.95 Å². The van der Waals surface area contributed by atoms with E-state index in [9.17, 15) is 4.79 Å². The summed E-state index contributed by atoms with van der Waals surface area (Å²) < 4.78 is 0. The number of carbonyl (C=O) groups is 1. The standard InChI is InChI=1S/C12H11N3O/c1-9-7-13-12(14-8-9)15-11(16)10-5-3-2-4-6-10/h2-8H,1H3,(H,13,14,15,16). The molecule has 0 fully saturated rings. The van der Waals surface area contributed by atoms with Crippen molar-refractivity contribution in [2.75, 3.05) is 5.32 Å². The molecule has 0 saturated heterocycles. The van der Waals surface area contributed by atoms with E-state index in [2.05, 4.69) is 15.3 Å². The maximum absolute atomic E-state index is 11.7. The van der Waals surface area contributed by atoms with Crippen molar-refractivity contribution in [3.63, 3.8) is 0 Å². The van der Waals surface area contributed by atoms with Gasteiger partial charge in [0.1, 0.15) is 0 Å². The average Bonchev–Trinajstić information content (AvgIpc) is 2.33. The van der Waals surface area contributed by atoms with Gasteiger partial charge in [0.15, 0.2) is 0 Å². The van der Waals surface area contributed by atoms with Crippen molar-refractivity contribution < 1.29 is 4.79 Å². The van der Waals surface area contributed by atoms with Gasteiger partial charge in [-0.15, -0.1) is 0 Å². The van der Waals surface area contributed by atoms with E-state index in [0.29, 0.717) is 11.5 Å². The molecule has 0 atom stereocenters. The summed E-state index contributed by atoms with van der Waals surface area (Å²) in [4.78, 5) is 19.7. The zero-order valence-electron chi connectivity index (χ0n) is 8.84. The highest BCUT2D eigenvalue weighted by molar-refractivity contribution is 6.03. The van der Waals surface area contributed by atoms with Crippen LogP contribution in [0.1, 0.15) is 15.9 Å². The lowest BCUT2D eigenvalue weighted by atomic mass is 10.2. The van der Waals surface area contributed by atoms with Gasteiger partial charge in [0.25, 0.3) is 5.91 Å². The molecule has 4 nitrogen and oxygen atoms in total. The fourth-order valence-corrected chi connectivity index (χ4v) is 1.22. The highest BCUT2D eigenvalue weighted by atomic mass is 16.1. The number of amides is 1. The van der Waals surface area contributed by atoms with E-state index in [-0.39, 0.29) is 5.91 Å². The molecule has 0 saturated carbocycles. The first-order valence-corrected chi connectivity index (χ1v) is 4.91. The van der Waals surface area contributed by atoms with Crippen LogP contribution in [0.25, 0.3) is 0 Å². The monoisotopic (exact) mass is 213 g/mol. The van der Waals surface area contributed by atoms with Crippen LogP contribution in [0.2, 0.25) is 0 Å². The topological polar surface area (TPSA) is 54.9 Å². The van der Waals surface area contributed by atoms with E-state index in [0.717, 1.165) is 5.56 Å². The number of aromatic nitrogens is 2. The Bertz CT molecular complexity index is 479. The number of hydrogen-bond donors (Lipinski definition) is 1. The van der Waals surface area contributed by atoms with Crippen molar-refractivity contribution in [3.05, 3.63) is 53.9 Å². The van der Waals surface area contributed by atoms with Crippen molar-refractivity contribution in [3.8, 4) is 0 Å². The lowest BCUT2D eigenvalue weighted by molar-refractivity contribution is 0.102. The van der Waals surface area contributed by atoms with E-state index in [1.54, 1.807) is 24.5 Å². The van der Waals surface area contributed by atoms with Gasteiger partial charge in [-0.05, 0) is 24.6 Å². The lowest BCUT2D eigenvalue weighted by Crippen LogP contribution is -2.13. The van der Waals surface area contributed by atoms with E-state index in [1.165, 1.54) is 0 Å². The molecule has 2 aromatic rings. The molecule has 1 amide bonds. The quantitative estimate of drug-likeness (QED) is 0.830. The average molecular weight is 213 g/mol. The fourth-order valence-electron chi connectivity index (χ4n) is 1.22. The number of anilines is 1. The molecule has 0 aliphatic carbocycles. The van der Waals surface area contributed by atoms with Gasteiger partial charge in [-0.1, -0.05) is 18.2 Å². The minimum absolute atomic E-state index is 0.204. The van der Waals surface area contributed by atoms with Gasteiger partial charge in [0.05, 0.1) is 0 Å². The number of aryl methyl sites for hydroxylation is 1. The Labute approximate surface area is 93.4 Å². The molecule has 80 valence electrons. The van der Waals surface area contributed by atoms with Crippen LogP contribution in [-0.4, -0.2) is 15.9 Å². The molecule has 1 aromatic heterocycles. The summed E-state index contributed by atoms with van der Waals surface area (Å²) in [5.74, 6) is 0.115. The Morgan fingerprint density at radius 1 is 1.12 bits per heavy atom. The number of nitrogens with zero attached hydrogens (tertiary/aromatic N) is 2. The molecular formula is C12H11N3O. The first-order chi connectivity index (χ1) is 7.75. The molecule has 2 rings (SSSR count). The van der Waals surface area contributed by atoms with Gasteiger partial charge >= 0.3 is 0 Å². The highest BCUT2D eigenvalue weighted by Gasteiger charge is 2.05. The van der Waals surface area contributed by atoms with Gasteiger partial charge in [-0.3, -0.25) is 10.1 Å². The number of carbonyl (C=O) groups excluding carboxylic acids is 1. The highest BCUT2D eigenvalue weighted by Crippen LogP contribution is 2.03. The third-order valence-electron chi connectivity index (χ3n) is 2.04. The van der Waals surface area contributed by atoms with Crippen LogP contribution < -0.4 is 5.32 Å². The molecule has 1 N–H and O–H groups in total. The van der Waals surface area contributed by atoms with E-state index >= 15 is 0 Å². The summed E-state index contributed by atoms with van der Waals surface area (Å²) in [6.07, 6.45) is 3.32. The van der Waals surface area contributed by atoms with E-state index < -0.39 is 0 Å². The Balaban J connectivity index is 2.11. The minimum atomic E-state index is -0.204. The minimum Gasteiger partial charge on any atom is -0.290 e. The molecule has 1 aromatic carbocycles. The van der Waals surface area contributed by atoms with Crippen molar-refractivity contribution in [2.45, 2.75) is 6.92 Å². The first-order valence-electron chi connectivity index (χ1n) is 4.91. The molecule has 0 aliphatic rings. The van der Waals surface area contributed by atoms with Crippen molar-refractivity contribution in [1.82, 2.24) is 9.97 Å². The second-order valence-corrected chi connectivity index (χ2v) is 3.40. The summed E-state index contributed by atoms with van der Waals surface area (Å²) in [5, 5.41) is 2.62. The van der Waals surface area contributed by atoms with Crippen LogP contribution in [-0.2, 0) is 0 Å². The van der Waals surface area contributed by atoms with E-state index in [1.807, 2.05) is 25.1 Å². The van der Waals surface area contributed by atoms with Crippen LogP contribution >= 0.6 is 0 Å². The zero-order chi connectivity index (χ0) is 11.4. The summed E-state index contributed by atoms with van der Waals surface area (Å²) >= 11 is 0. The molecular weight excluding hydrogens is 202 g/mol. The van der Waals surface area contributed by atoms with Crippen LogP contribution in [0, 0.1) is 6.92 Å². The fraction of sp³-hybridized carbons (Fsp3) is 0.0833. The zero-order valence-corrected chi connectivity index (χ0v) is 8.84. The molecule has 0 unspecified atom stereocenters. The van der Waals surface area contributed by atoms with E-state index in [4.69, 9.17) is 0 Å². The first kappa shape index (κ1) is 10.3. The maximum Gasteiger partial charge on any atom is 0.258 e. The molecule has 1 heterocycles. The van der Waals surface area contributed by atoms with Gasteiger partial charge in [-0.25, -0.2) is 9.97 Å². The SMILES string of the molecule is Cc1cnc(NC(=O)c2ccccc2)nc1. The number of nitrogens with one attached hydrogen (secondary N) is 1. The maximum atomic E-state index is 11.7. The summed E-state index contributed by atoms with van der Waals surface area (Å²) in [6.45, 7) is 1.89. The van der Waals surface area contributed by atoms with Crippen LogP contribution in [0.15, 0.2) is 42.7 Å². The summed E-state index contributed by atoms with van der Waals surface area (Å²) in [6, 6.07) is 8.96. The van der Waals surface area contributed by atoms with Gasteiger partial charge in [0.2, 0.25) is 5.95 Å². The Morgan fingerprint density at radius 2 is 1.75 bits per heavy atom. The molecule has 16 heavy (non-hydrogen) atoms. The number of hydrogen-bond acceptors (Lipinski definition) is 3. The third kappa shape index (κ3) is 2.42. The predicted octanol–water partition coefficient (Wildman–Crippen LogP) is 2.04. The Hall–Kier alpha value is -2.23. The molecule has 4 heteroatoms. The summed E-state index contributed by atoms with van der Waals surface area (Å²) in [5.41, 5.74) is 1.55. The Kier molecular flexibility index (Phi) is 2.91. The lowest BCUT2D eigenvalue weighted by Gasteiger charge is -2.02. The van der Waals surface area contributed by atoms with Gasteiger partial charge in [-0.2, -0.15) is 0 Å². The van der Waals surface area contributed by atoms with Crippen molar-refractivity contribution in [1.29, 1.82) is 0 Å². The molecule has 0 radical (unpaired) electrons. The number of benzene rings is 1. The second kappa shape index (κ2) is 4.53. The van der Waals surface area contributed by atoms with Crippen LogP contribution in [0.3, 0.4) is 0 Å². The molecule has 0 spiro atoms.